The second-order valence-electron chi connectivity index (χ2n) is 8.25. The van der Waals surface area contributed by atoms with Crippen LogP contribution in [-0.4, -0.2) is 11.6 Å². The molecule has 122 valence electrons. The molecule has 4 bridgehead atoms. The van der Waals surface area contributed by atoms with Gasteiger partial charge in [0.25, 0.3) is 5.91 Å². The molecule has 0 aromatic heterocycles. The van der Waals surface area contributed by atoms with Crippen LogP contribution in [-0.2, 0) is 0 Å². The first-order valence-corrected chi connectivity index (χ1v) is 9.00. The van der Waals surface area contributed by atoms with Crippen LogP contribution in [0.5, 0.6) is 0 Å². The summed E-state index contributed by atoms with van der Waals surface area (Å²) < 4.78 is 0. The van der Waals surface area contributed by atoms with Crippen LogP contribution < -0.4 is 5.43 Å². The largest absolute Gasteiger partial charge is 0.271 e. The summed E-state index contributed by atoms with van der Waals surface area (Å²) in [5.74, 6) is 2.78. The van der Waals surface area contributed by atoms with Gasteiger partial charge < -0.3 is 0 Å². The fourth-order valence-corrected chi connectivity index (χ4v) is 5.89. The third-order valence-corrected chi connectivity index (χ3v) is 6.18. The number of hydrogen-bond acceptors (Lipinski definition) is 2. The van der Waals surface area contributed by atoms with Gasteiger partial charge >= 0.3 is 0 Å². The molecule has 3 nitrogen and oxygen atoms in total. The Morgan fingerprint density at radius 3 is 2.22 bits per heavy atom. The van der Waals surface area contributed by atoms with E-state index in [0.29, 0.717) is 11.0 Å². The molecule has 4 saturated carbocycles. The van der Waals surface area contributed by atoms with E-state index in [4.69, 9.17) is 0 Å². The molecule has 0 aliphatic heterocycles. The Bertz CT molecular complexity index is 585. The fraction of sp³-hybridized carbons (Fsp3) is 0.600. The average Bonchev–Trinajstić information content (AvgIpc) is 2.51. The van der Waals surface area contributed by atoms with Crippen molar-refractivity contribution in [1.29, 1.82) is 0 Å². The number of nitrogens with zero attached hydrogens (tertiary/aromatic N) is 1. The van der Waals surface area contributed by atoms with Gasteiger partial charge in [0.05, 0.1) is 0 Å². The van der Waals surface area contributed by atoms with Crippen LogP contribution in [0.3, 0.4) is 0 Å². The molecule has 4 aliphatic rings. The van der Waals surface area contributed by atoms with E-state index in [2.05, 4.69) is 17.5 Å². The molecule has 5 rings (SSSR count). The summed E-state index contributed by atoms with van der Waals surface area (Å²) >= 11 is 0. The van der Waals surface area contributed by atoms with Crippen molar-refractivity contribution in [3.8, 4) is 0 Å². The number of benzene rings is 1. The first-order chi connectivity index (χ1) is 11.1. The number of amides is 1. The number of rotatable bonds is 4. The molecule has 3 heteroatoms. The van der Waals surface area contributed by atoms with E-state index in [1.54, 1.807) is 0 Å². The quantitative estimate of drug-likeness (QED) is 0.650. The zero-order valence-corrected chi connectivity index (χ0v) is 13.9. The third-order valence-electron chi connectivity index (χ3n) is 6.18. The predicted octanol–water partition coefficient (Wildman–Crippen LogP) is 4.40. The predicted molar refractivity (Wildman–Crippen MR) is 92.2 cm³/mol. The van der Waals surface area contributed by atoms with Gasteiger partial charge in [-0.15, -0.1) is 0 Å². The Labute approximate surface area is 138 Å². The smallest absolute Gasteiger partial charge is 0.267 e. The lowest BCUT2D eigenvalue weighted by Crippen LogP contribution is -2.46. The van der Waals surface area contributed by atoms with E-state index in [9.17, 15) is 4.79 Å². The van der Waals surface area contributed by atoms with Gasteiger partial charge in [0, 0.05) is 11.3 Å². The van der Waals surface area contributed by atoms with Crippen molar-refractivity contribution in [2.45, 2.75) is 51.9 Å². The van der Waals surface area contributed by atoms with Crippen molar-refractivity contribution in [3.05, 3.63) is 35.9 Å². The third kappa shape index (κ3) is 3.06. The molecule has 0 heterocycles. The van der Waals surface area contributed by atoms with E-state index >= 15 is 0 Å². The van der Waals surface area contributed by atoms with E-state index in [1.165, 1.54) is 38.5 Å². The van der Waals surface area contributed by atoms with Crippen LogP contribution in [0.25, 0.3) is 0 Å². The molecule has 0 radical (unpaired) electrons. The second-order valence-corrected chi connectivity index (χ2v) is 8.25. The molecule has 4 aliphatic carbocycles. The lowest BCUT2D eigenvalue weighted by molar-refractivity contribution is -0.0482. The minimum absolute atomic E-state index is 0.115. The van der Waals surface area contributed by atoms with E-state index in [-0.39, 0.29) is 5.91 Å². The molecular formula is C20H26N2O. The zero-order chi connectivity index (χ0) is 15.9. The minimum atomic E-state index is -0.115. The molecule has 0 spiro atoms. The minimum Gasteiger partial charge on any atom is -0.267 e. The molecule has 1 amide bonds. The van der Waals surface area contributed by atoms with Crippen molar-refractivity contribution in [1.82, 2.24) is 5.43 Å². The highest BCUT2D eigenvalue weighted by molar-refractivity contribution is 5.95. The lowest BCUT2D eigenvalue weighted by atomic mass is 9.48. The van der Waals surface area contributed by atoms with Gasteiger partial charge in [0.2, 0.25) is 0 Å². The van der Waals surface area contributed by atoms with Gasteiger partial charge in [0.1, 0.15) is 0 Å². The summed E-state index contributed by atoms with van der Waals surface area (Å²) in [5, 5.41) is 4.39. The number of carbonyl (C=O) groups is 1. The number of nitrogens with one attached hydrogen (secondary N) is 1. The van der Waals surface area contributed by atoms with Crippen LogP contribution in [0.15, 0.2) is 35.4 Å². The molecular weight excluding hydrogens is 284 g/mol. The maximum absolute atomic E-state index is 12.1. The molecule has 1 aromatic rings. The highest BCUT2D eigenvalue weighted by atomic mass is 16.2. The summed E-state index contributed by atoms with van der Waals surface area (Å²) in [6.45, 7) is 2.07. The van der Waals surface area contributed by atoms with Crippen molar-refractivity contribution in [2.75, 3.05) is 0 Å². The maximum atomic E-state index is 12.1. The molecule has 0 saturated heterocycles. The average molecular weight is 310 g/mol. The highest BCUT2D eigenvalue weighted by Crippen LogP contribution is 2.61. The molecule has 1 N–H and O–H groups in total. The summed E-state index contributed by atoms with van der Waals surface area (Å²) in [4.78, 5) is 12.1. The van der Waals surface area contributed by atoms with Crippen LogP contribution in [0.4, 0.5) is 0 Å². The molecule has 1 aromatic carbocycles. The lowest BCUT2D eigenvalue weighted by Gasteiger charge is -2.57. The van der Waals surface area contributed by atoms with Gasteiger partial charge in [0.15, 0.2) is 0 Å². The number of carbonyl (C=O) groups excluding carboxylic acids is 1. The molecule has 0 unspecified atom stereocenters. The van der Waals surface area contributed by atoms with Crippen LogP contribution in [0.1, 0.15) is 62.2 Å². The van der Waals surface area contributed by atoms with Gasteiger partial charge in [-0.3, -0.25) is 4.79 Å². The second kappa shape index (κ2) is 5.77. The standard InChI is InChI=1S/C20H26N2O/c1-14(21-22-19(23)18-5-3-2-4-6-18)10-20-11-15-7-16(12-20)9-17(8-15)13-20/h2-6,15-17H,7-13H2,1H3,(H,22,23)/b21-14-. The Morgan fingerprint density at radius 1 is 1.09 bits per heavy atom. The van der Waals surface area contributed by atoms with Gasteiger partial charge in [-0.05, 0) is 87.2 Å². The molecule has 23 heavy (non-hydrogen) atoms. The Morgan fingerprint density at radius 2 is 1.65 bits per heavy atom. The van der Waals surface area contributed by atoms with Gasteiger partial charge in [-0.1, -0.05) is 18.2 Å². The van der Waals surface area contributed by atoms with Crippen molar-refractivity contribution < 1.29 is 4.79 Å². The van der Waals surface area contributed by atoms with Gasteiger partial charge in [-0.25, -0.2) is 5.43 Å². The van der Waals surface area contributed by atoms with Crippen LogP contribution >= 0.6 is 0 Å². The van der Waals surface area contributed by atoms with Crippen LogP contribution in [0, 0.1) is 23.2 Å². The van der Waals surface area contributed by atoms with Crippen LogP contribution in [0.2, 0.25) is 0 Å². The summed E-state index contributed by atoms with van der Waals surface area (Å²) in [5.41, 5.74) is 4.96. The Kier molecular flexibility index (Phi) is 3.74. The van der Waals surface area contributed by atoms with Crippen molar-refractivity contribution in [3.63, 3.8) is 0 Å². The monoisotopic (exact) mass is 310 g/mol. The normalized spacial score (nSPS) is 35.3. The SMILES string of the molecule is C/C(CC12CC3CC(CC(C3)C1)C2)=N/NC(=O)c1ccccc1. The van der Waals surface area contributed by atoms with Gasteiger partial charge in [-0.2, -0.15) is 5.10 Å². The summed E-state index contributed by atoms with van der Waals surface area (Å²) in [6, 6.07) is 9.30. The summed E-state index contributed by atoms with van der Waals surface area (Å²) in [6.07, 6.45) is 9.64. The van der Waals surface area contributed by atoms with E-state index < -0.39 is 0 Å². The highest BCUT2D eigenvalue weighted by Gasteiger charge is 2.50. The molecule has 4 fully saturated rings. The summed E-state index contributed by atoms with van der Waals surface area (Å²) in [7, 11) is 0. The topological polar surface area (TPSA) is 41.5 Å². The maximum Gasteiger partial charge on any atom is 0.271 e. The molecule has 0 atom stereocenters. The Balaban J connectivity index is 1.40. The van der Waals surface area contributed by atoms with E-state index in [0.717, 1.165) is 29.9 Å². The first-order valence-electron chi connectivity index (χ1n) is 9.00. The van der Waals surface area contributed by atoms with Crippen molar-refractivity contribution in [2.24, 2.45) is 28.3 Å². The number of hydrogen-bond donors (Lipinski definition) is 1. The number of hydrazone groups is 1. The first kappa shape index (κ1) is 14.9. The van der Waals surface area contributed by atoms with Crippen molar-refractivity contribution >= 4 is 11.6 Å². The Hall–Kier alpha value is -1.64. The fourth-order valence-electron chi connectivity index (χ4n) is 5.89. The zero-order valence-electron chi connectivity index (χ0n) is 13.9. The van der Waals surface area contributed by atoms with E-state index in [1.807, 2.05) is 30.3 Å².